The van der Waals surface area contributed by atoms with Crippen LogP contribution in [0, 0.1) is 0 Å². The molecule has 166 valence electrons. The van der Waals surface area contributed by atoms with Crippen LogP contribution in [0.5, 0.6) is 0 Å². The molecule has 0 aliphatic heterocycles. The Kier molecular flexibility index (Phi) is 6.09. The molecule has 0 heterocycles. The maximum Gasteiger partial charge on any atom is 0.188 e. The maximum atomic E-state index is 12.5. The van der Waals surface area contributed by atoms with Crippen molar-refractivity contribution in [3.05, 3.63) is 64.7 Å². The van der Waals surface area contributed by atoms with Crippen LogP contribution in [0.15, 0.2) is 47.4 Å². The van der Waals surface area contributed by atoms with Gasteiger partial charge in [0, 0.05) is 0 Å². The number of carbonyl (C=O) groups is 1. The van der Waals surface area contributed by atoms with Gasteiger partial charge < -0.3 is 0 Å². The van der Waals surface area contributed by atoms with Crippen LogP contribution in [-0.4, -0.2) is 19.5 Å². The highest BCUT2D eigenvalue weighted by atomic mass is 32.2. The van der Waals surface area contributed by atoms with Crippen molar-refractivity contribution in [1.29, 1.82) is 0 Å². The zero-order valence-corrected chi connectivity index (χ0v) is 20.6. The molecular formula is C27H34O3S. The van der Waals surface area contributed by atoms with E-state index >= 15 is 0 Å². The van der Waals surface area contributed by atoms with Crippen LogP contribution in [0.1, 0.15) is 83.6 Å². The zero-order valence-electron chi connectivity index (χ0n) is 19.7. The van der Waals surface area contributed by atoms with E-state index in [1.165, 1.54) is 43.4 Å². The lowest BCUT2D eigenvalue weighted by Crippen LogP contribution is -2.33. The molecule has 1 atom stereocenters. The van der Waals surface area contributed by atoms with Crippen molar-refractivity contribution in [2.24, 2.45) is 0 Å². The van der Waals surface area contributed by atoms with E-state index in [-0.39, 0.29) is 21.5 Å². The molecule has 0 spiro atoms. The van der Waals surface area contributed by atoms with E-state index in [2.05, 4.69) is 58.9 Å². The van der Waals surface area contributed by atoms with Crippen LogP contribution in [0.25, 0.3) is 11.6 Å². The summed E-state index contributed by atoms with van der Waals surface area (Å²) in [5, 5.41) is -1.03. The van der Waals surface area contributed by atoms with Crippen molar-refractivity contribution in [1.82, 2.24) is 0 Å². The molecule has 0 radical (unpaired) electrons. The number of ketones is 1. The predicted octanol–water partition coefficient (Wildman–Crippen LogP) is 6.35. The van der Waals surface area contributed by atoms with E-state index in [1.54, 1.807) is 24.3 Å². The summed E-state index contributed by atoms with van der Waals surface area (Å²) in [7, 11) is -3.64. The first kappa shape index (κ1) is 23.5. The standard InChI is InChI=1S/C27H34O3S/c1-18(16-21-8-11-23(12-9-21)31(29,30)20(3)19(2)28)22-10-13-24-25(17-22)27(6,7)15-14-26(24,4)5/h8-13,16-17,20H,14-15H2,1-7H3/b18-16+. The number of Topliss-reactive ketones (excluding diaryl/α,β-unsaturated/α-hetero) is 1. The molecule has 3 rings (SSSR count). The van der Waals surface area contributed by atoms with Crippen molar-refractivity contribution in [3.63, 3.8) is 0 Å². The van der Waals surface area contributed by atoms with Crippen LogP contribution in [-0.2, 0) is 25.5 Å². The Morgan fingerprint density at radius 3 is 2.00 bits per heavy atom. The third kappa shape index (κ3) is 4.55. The first-order valence-corrected chi connectivity index (χ1v) is 12.5. The van der Waals surface area contributed by atoms with E-state index < -0.39 is 15.1 Å². The lowest BCUT2D eigenvalue weighted by atomic mass is 9.63. The first-order valence-electron chi connectivity index (χ1n) is 10.9. The molecule has 4 heteroatoms. The molecule has 2 aromatic rings. The molecule has 0 saturated carbocycles. The second-order valence-electron chi connectivity index (χ2n) is 10.2. The van der Waals surface area contributed by atoms with Gasteiger partial charge in [0.15, 0.2) is 9.84 Å². The van der Waals surface area contributed by atoms with Gasteiger partial charge in [0.25, 0.3) is 0 Å². The van der Waals surface area contributed by atoms with E-state index in [1.807, 2.05) is 0 Å². The Labute approximate surface area is 187 Å². The summed E-state index contributed by atoms with van der Waals surface area (Å²) in [4.78, 5) is 11.7. The van der Waals surface area contributed by atoms with E-state index in [9.17, 15) is 13.2 Å². The molecule has 1 unspecified atom stereocenters. The van der Waals surface area contributed by atoms with Gasteiger partial charge >= 0.3 is 0 Å². The van der Waals surface area contributed by atoms with Crippen molar-refractivity contribution < 1.29 is 13.2 Å². The third-order valence-corrected chi connectivity index (χ3v) is 9.13. The number of fused-ring (bicyclic) bond motifs is 1. The van der Waals surface area contributed by atoms with Gasteiger partial charge in [-0.15, -0.1) is 0 Å². The topological polar surface area (TPSA) is 51.2 Å². The van der Waals surface area contributed by atoms with Crippen LogP contribution in [0.2, 0.25) is 0 Å². The van der Waals surface area contributed by atoms with E-state index in [4.69, 9.17) is 0 Å². The number of hydrogen-bond donors (Lipinski definition) is 0. The summed E-state index contributed by atoms with van der Waals surface area (Å²) in [5.74, 6) is -0.349. The molecule has 0 bridgehead atoms. The summed E-state index contributed by atoms with van der Waals surface area (Å²) in [5.41, 5.74) is 6.47. The summed E-state index contributed by atoms with van der Waals surface area (Å²) in [6, 6.07) is 13.6. The van der Waals surface area contributed by atoms with Crippen LogP contribution < -0.4 is 0 Å². The van der Waals surface area contributed by atoms with Gasteiger partial charge in [-0.2, -0.15) is 0 Å². The Morgan fingerprint density at radius 1 is 0.903 bits per heavy atom. The Hall–Kier alpha value is -2.20. The lowest BCUT2D eigenvalue weighted by molar-refractivity contribution is -0.116. The van der Waals surface area contributed by atoms with E-state index in [0.717, 1.165) is 11.1 Å². The van der Waals surface area contributed by atoms with Crippen molar-refractivity contribution in [2.75, 3.05) is 0 Å². The summed E-state index contributed by atoms with van der Waals surface area (Å²) >= 11 is 0. The number of hydrogen-bond acceptors (Lipinski definition) is 3. The van der Waals surface area contributed by atoms with Gasteiger partial charge in [-0.3, -0.25) is 4.79 Å². The number of benzene rings is 2. The van der Waals surface area contributed by atoms with Gasteiger partial charge in [0.1, 0.15) is 11.0 Å². The molecule has 31 heavy (non-hydrogen) atoms. The van der Waals surface area contributed by atoms with Gasteiger partial charge in [-0.1, -0.05) is 64.1 Å². The molecule has 1 aliphatic rings. The average Bonchev–Trinajstić information content (AvgIpc) is 2.71. The minimum Gasteiger partial charge on any atom is -0.299 e. The van der Waals surface area contributed by atoms with Crippen LogP contribution in [0.4, 0.5) is 0 Å². The molecule has 1 aliphatic carbocycles. The monoisotopic (exact) mass is 438 g/mol. The fourth-order valence-corrected chi connectivity index (χ4v) is 5.70. The van der Waals surface area contributed by atoms with Crippen LogP contribution >= 0.6 is 0 Å². The van der Waals surface area contributed by atoms with Gasteiger partial charge in [-0.25, -0.2) is 8.42 Å². The number of sulfone groups is 1. The molecule has 0 fully saturated rings. The zero-order chi connectivity index (χ0) is 23.2. The van der Waals surface area contributed by atoms with Gasteiger partial charge in [-0.05, 0) is 84.4 Å². The predicted molar refractivity (Wildman–Crippen MR) is 129 cm³/mol. The second-order valence-corrected chi connectivity index (χ2v) is 12.5. The highest BCUT2D eigenvalue weighted by molar-refractivity contribution is 7.92. The molecule has 0 saturated heterocycles. The summed E-state index contributed by atoms with van der Waals surface area (Å²) < 4.78 is 25.1. The molecule has 3 nitrogen and oxygen atoms in total. The maximum absolute atomic E-state index is 12.5. The highest BCUT2D eigenvalue weighted by Crippen LogP contribution is 2.46. The van der Waals surface area contributed by atoms with Crippen LogP contribution in [0.3, 0.4) is 0 Å². The second kappa shape index (κ2) is 8.05. The number of carbonyl (C=O) groups excluding carboxylic acids is 1. The number of allylic oxidation sites excluding steroid dienone is 1. The summed E-state index contributed by atoms with van der Waals surface area (Å²) in [6.45, 7) is 14.1. The Morgan fingerprint density at radius 2 is 1.45 bits per heavy atom. The lowest BCUT2D eigenvalue weighted by Gasteiger charge is -2.42. The van der Waals surface area contributed by atoms with Crippen molar-refractivity contribution in [3.8, 4) is 0 Å². The quantitative estimate of drug-likeness (QED) is 0.511. The molecule has 0 amide bonds. The normalized spacial score (nSPS) is 18.9. The smallest absolute Gasteiger partial charge is 0.188 e. The first-order chi connectivity index (χ1) is 14.3. The average molecular weight is 439 g/mol. The van der Waals surface area contributed by atoms with E-state index in [0.29, 0.717) is 0 Å². The minimum atomic E-state index is -3.64. The fraction of sp³-hybridized carbons (Fsp3) is 0.444. The molecule has 2 aromatic carbocycles. The van der Waals surface area contributed by atoms with Crippen molar-refractivity contribution in [2.45, 2.75) is 82.3 Å². The highest BCUT2D eigenvalue weighted by Gasteiger charge is 2.37. The molecular weight excluding hydrogens is 404 g/mol. The Bertz CT molecular complexity index is 1130. The molecule has 0 N–H and O–H groups in total. The third-order valence-electron chi connectivity index (χ3n) is 6.94. The fourth-order valence-electron chi connectivity index (χ4n) is 4.34. The molecule has 0 aromatic heterocycles. The SMILES string of the molecule is CC(=O)C(C)S(=O)(=O)c1ccc(/C=C(\C)c2ccc3c(c2)C(C)(C)CCC3(C)C)cc1. The number of rotatable bonds is 5. The minimum absolute atomic E-state index is 0.157. The summed E-state index contributed by atoms with van der Waals surface area (Å²) in [6.07, 6.45) is 4.44. The van der Waals surface area contributed by atoms with Gasteiger partial charge in [0.05, 0.1) is 4.90 Å². The Balaban J connectivity index is 1.93. The van der Waals surface area contributed by atoms with Gasteiger partial charge in [0.2, 0.25) is 0 Å². The largest absolute Gasteiger partial charge is 0.299 e. The van der Waals surface area contributed by atoms with Crippen molar-refractivity contribution >= 4 is 27.3 Å².